The van der Waals surface area contributed by atoms with Crippen molar-refractivity contribution in [3.05, 3.63) is 47.5 Å². The molecule has 1 N–H and O–H groups in total. The first-order chi connectivity index (χ1) is 11.7. The minimum atomic E-state index is -0.178. The van der Waals surface area contributed by atoms with Gasteiger partial charge in [0.2, 0.25) is 6.79 Å². The number of para-hydroxylation sites is 1. The predicted octanol–water partition coefficient (Wildman–Crippen LogP) is 3.56. The molecule has 0 radical (unpaired) electrons. The highest BCUT2D eigenvalue weighted by molar-refractivity contribution is 5.93. The summed E-state index contributed by atoms with van der Waals surface area (Å²) in [6, 6.07) is 11.4. The molecule has 0 bridgehead atoms. The number of nitrogens with one attached hydrogen (secondary N) is 1. The van der Waals surface area contributed by atoms with Crippen LogP contribution in [0.15, 0.2) is 36.4 Å². The average Bonchev–Trinajstić information content (AvgIpc) is 3.07. The Kier molecular flexibility index (Phi) is 4.89. The van der Waals surface area contributed by atoms with Crippen molar-refractivity contribution in [3.8, 4) is 17.2 Å². The minimum Gasteiger partial charge on any atom is -0.484 e. The summed E-state index contributed by atoms with van der Waals surface area (Å²) in [6.45, 7) is 4.31. The van der Waals surface area contributed by atoms with Gasteiger partial charge in [0.1, 0.15) is 5.75 Å². The lowest BCUT2D eigenvalue weighted by Crippen LogP contribution is -2.21. The molecule has 5 nitrogen and oxygen atoms in total. The summed E-state index contributed by atoms with van der Waals surface area (Å²) >= 11 is 0. The van der Waals surface area contributed by atoms with Gasteiger partial charge >= 0.3 is 0 Å². The molecule has 0 fully saturated rings. The van der Waals surface area contributed by atoms with Crippen LogP contribution in [0, 0.1) is 0 Å². The second kappa shape index (κ2) is 7.25. The lowest BCUT2D eigenvalue weighted by atomic mass is 10.0. The SMILES string of the molecule is CCc1cccc(CC)c1NC(=O)COc1ccc2c(c1)OCO2. The van der Waals surface area contributed by atoms with Gasteiger partial charge in [-0.25, -0.2) is 0 Å². The maximum absolute atomic E-state index is 12.3. The molecule has 5 heteroatoms. The zero-order chi connectivity index (χ0) is 16.9. The Labute approximate surface area is 141 Å². The molecule has 3 rings (SSSR count). The first kappa shape index (κ1) is 16.2. The number of carbonyl (C=O) groups is 1. The molecule has 1 aliphatic rings. The third-order valence-corrected chi connectivity index (χ3v) is 3.98. The van der Waals surface area contributed by atoms with Crippen LogP contribution in [-0.4, -0.2) is 19.3 Å². The Morgan fingerprint density at radius 1 is 1.08 bits per heavy atom. The molecule has 0 unspecified atom stereocenters. The van der Waals surface area contributed by atoms with Crippen LogP contribution in [-0.2, 0) is 17.6 Å². The predicted molar refractivity (Wildman–Crippen MR) is 91.9 cm³/mol. The van der Waals surface area contributed by atoms with Gasteiger partial charge in [-0.05, 0) is 36.1 Å². The zero-order valence-electron chi connectivity index (χ0n) is 13.9. The molecule has 0 aromatic heterocycles. The number of anilines is 1. The highest BCUT2D eigenvalue weighted by Crippen LogP contribution is 2.35. The van der Waals surface area contributed by atoms with Crippen molar-refractivity contribution < 1.29 is 19.0 Å². The molecule has 2 aromatic carbocycles. The van der Waals surface area contributed by atoms with Gasteiger partial charge in [0.25, 0.3) is 5.91 Å². The van der Waals surface area contributed by atoms with E-state index in [2.05, 4.69) is 19.2 Å². The summed E-state index contributed by atoms with van der Waals surface area (Å²) in [5.74, 6) is 1.73. The average molecular weight is 327 g/mol. The Morgan fingerprint density at radius 3 is 2.50 bits per heavy atom. The van der Waals surface area contributed by atoms with E-state index in [1.54, 1.807) is 18.2 Å². The number of rotatable bonds is 6. The molecule has 2 aromatic rings. The standard InChI is InChI=1S/C19H21NO4/c1-3-13-6-5-7-14(4-2)19(13)20-18(21)11-22-15-8-9-16-17(10-15)24-12-23-16/h5-10H,3-4,11-12H2,1-2H3,(H,20,21). The van der Waals surface area contributed by atoms with Crippen molar-refractivity contribution in [1.29, 1.82) is 0 Å². The first-order valence-corrected chi connectivity index (χ1v) is 8.14. The van der Waals surface area contributed by atoms with Gasteiger partial charge in [-0.1, -0.05) is 32.0 Å². The second-order valence-corrected chi connectivity index (χ2v) is 5.51. The fraction of sp³-hybridized carbons (Fsp3) is 0.316. The zero-order valence-corrected chi connectivity index (χ0v) is 13.9. The topological polar surface area (TPSA) is 56.8 Å². The van der Waals surface area contributed by atoms with Crippen LogP contribution < -0.4 is 19.5 Å². The molecule has 1 aliphatic heterocycles. The van der Waals surface area contributed by atoms with Crippen molar-refractivity contribution in [3.63, 3.8) is 0 Å². The van der Waals surface area contributed by atoms with Gasteiger partial charge in [-0.2, -0.15) is 0 Å². The number of aryl methyl sites for hydroxylation is 2. The maximum Gasteiger partial charge on any atom is 0.262 e. The first-order valence-electron chi connectivity index (χ1n) is 8.14. The van der Waals surface area contributed by atoms with Gasteiger partial charge in [-0.15, -0.1) is 0 Å². The van der Waals surface area contributed by atoms with Gasteiger partial charge in [0.05, 0.1) is 0 Å². The fourth-order valence-corrected chi connectivity index (χ4v) is 2.69. The molecule has 24 heavy (non-hydrogen) atoms. The summed E-state index contributed by atoms with van der Waals surface area (Å²) in [6.07, 6.45) is 1.74. The summed E-state index contributed by atoms with van der Waals surface area (Å²) in [5.41, 5.74) is 3.17. The van der Waals surface area contributed by atoms with E-state index in [1.165, 1.54) is 0 Å². The van der Waals surface area contributed by atoms with E-state index >= 15 is 0 Å². The number of fused-ring (bicyclic) bond motifs is 1. The largest absolute Gasteiger partial charge is 0.484 e. The van der Waals surface area contributed by atoms with Crippen LogP contribution >= 0.6 is 0 Å². The summed E-state index contributed by atoms with van der Waals surface area (Å²) in [5, 5.41) is 2.98. The van der Waals surface area contributed by atoms with Crippen LogP contribution in [0.1, 0.15) is 25.0 Å². The fourth-order valence-electron chi connectivity index (χ4n) is 2.69. The van der Waals surface area contributed by atoms with Crippen molar-refractivity contribution in [1.82, 2.24) is 0 Å². The molecule has 0 atom stereocenters. The van der Waals surface area contributed by atoms with Crippen molar-refractivity contribution in [2.75, 3.05) is 18.7 Å². The van der Waals surface area contributed by atoms with E-state index in [0.29, 0.717) is 17.2 Å². The maximum atomic E-state index is 12.3. The number of hydrogen-bond donors (Lipinski definition) is 1. The van der Waals surface area contributed by atoms with Crippen LogP contribution in [0.25, 0.3) is 0 Å². The van der Waals surface area contributed by atoms with Crippen LogP contribution in [0.5, 0.6) is 17.2 Å². The minimum absolute atomic E-state index is 0.0547. The number of benzene rings is 2. The number of carbonyl (C=O) groups excluding carboxylic acids is 1. The normalized spacial score (nSPS) is 12.1. The Balaban J connectivity index is 1.64. The van der Waals surface area contributed by atoms with Gasteiger partial charge < -0.3 is 19.5 Å². The Bertz CT molecular complexity index is 720. The van der Waals surface area contributed by atoms with Crippen LogP contribution in [0.4, 0.5) is 5.69 Å². The third-order valence-electron chi connectivity index (χ3n) is 3.98. The molecule has 1 amide bonds. The van der Waals surface area contributed by atoms with Crippen molar-refractivity contribution in [2.45, 2.75) is 26.7 Å². The van der Waals surface area contributed by atoms with E-state index in [1.807, 2.05) is 18.2 Å². The lowest BCUT2D eigenvalue weighted by molar-refractivity contribution is -0.118. The lowest BCUT2D eigenvalue weighted by Gasteiger charge is -2.14. The van der Waals surface area contributed by atoms with E-state index in [-0.39, 0.29) is 19.3 Å². The van der Waals surface area contributed by atoms with E-state index in [0.717, 1.165) is 29.7 Å². The quantitative estimate of drug-likeness (QED) is 0.881. The van der Waals surface area contributed by atoms with E-state index in [9.17, 15) is 4.79 Å². The molecule has 1 heterocycles. The smallest absolute Gasteiger partial charge is 0.262 e. The number of amides is 1. The molecule has 0 aliphatic carbocycles. The summed E-state index contributed by atoms with van der Waals surface area (Å²) in [4.78, 5) is 12.3. The van der Waals surface area contributed by atoms with E-state index in [4.69, 9.17) is 14.2 Å². The van der Waals surface area contributed by atoms with Gasteiger partial charge in [0.15, 0.2) is 18.1 Å². The summed E-state index contributed by atoms with van der Waals surface area (Å²) in [7, 11) is 0. The van der Waals surface area contributed by atoms with Gasteiger partial charge in [0, 0.05) is 11.8 Å². The van der Waals surface area contributed by atoms with Crippen molar-refractivity contribution >= 4 is 11.6 Å². The van der Waals surface area contributed by atoms with Crippen LogP contribution in [0.3, 0.4) is 0 Å². The number of hydrogen-bond acceptors (Lipinski definition) is 4. The second-order valence-electron chi connectivity index (χ2n) is 5.51. The summed E-state index contributed by atoms with van der Waals surface area (Å²) < 4.78 is 16.1. The van der Waals surface area contributed by atoms with E-state index < -0.39 is 0 Å². The molecule has 126 valence electrons. The molecule has 0 spiro atoms. The highest BCUT2D eigenvalue weighted by atomic mass is 16.7. The third kappa shape index (κ3) is 3.45. The monoisotopic (exact) mass is 327 g/mol. The highest BCUT2D eigenvalue weighted by Gasteiger charge is 2.15. The van der Waals surface area contributed by atoms with Crippen LogP contribution in [0.2, 0.25) is 0 Å². The molecular weight excluding hydrogens is 306 g/mol. The molecule has 0 saturated heterocycles. The Morgan fingerprint density at radius 2 is 1.79 bits per heavy atom. The molecule has 0 saturated carbocycles. The van der Waals surface area contributed by atoms with Crippen molar-refractivity contribution in [2.24, 2.45) is 0 Å². The van der Waals surface area contributed by atoms with Gasteiger partial charge in [-0.3, -0.25) is 4.79 Å². The molecular formula is C19H21NO4. The number of ether oxygens (including phenoxy) is 3. The Hall–Kier alpha value is -2.69.